The summed E-state index contributed by atoms with van der Waals surface area (Å²) < 4.78 is 15.1. The number of nitrogens with zero attached hydrogens (tertiary/aromatic N) is 4. The predicted octanol–water partition coefficient (Wildman–Crippen LogP) is 2.33. The second-order valence-electron chi connectivity index (χ2n) is 4.81. The SMILES string of the molecule is CCOC(=O)Nc1nnc(CCOCCc2nnc(NC(=O)OCC)s2)s1. The molecule has 2 aromatic rings. The van der Waals surface area contributed by atoms with Gasteiger partial charge in [-0.3, -0.25) is 10.6 Å². The predicted molar refractivity (Wildman–Crippen MR) is 99.3 cm³/mol. The van der Waals surface area contributed by atoms with Gasteiger partial charge in [-0.25, -0.2) is 9.59 Å². The zero-order valence-corrected chi connectivity index (χ0v) is 16.5. The first-order valence-electron chi connectivity index (χ1n) is 8.20. The standard InChI is InChI=1S/C14H20N6O5S2/c1-3-24-13(21)15-11-19-17-9(26-11)5-7-23-8-6-10-18-20-12(27-10)16-14(22)25-4-2/h3-8H2,1-2H3,(H,15,19,21)(H,16,20,22). The number of anilines is 2. The Labute approximate surface area is 163 Å². The first-order valence-corrected chi connectivity index (χ1v) is 9.84. The fourth-order valence-corrected chi connectivity index (χ4v) is 3.15. The third-order valence-corrected chi connectivity index (χ3v) is 4.62. The van der Waals surface area contributed by atoms with Gasteiger partial charge in [0, 0.05) is 12.8 Å². The van der Waals surface area contributed by atoms with Crippen molar-refractivity contribution in [3.05, 3.63) is 10.0 Å². The largest absolute Gasteiger partial charge is 0.450 e. The summed E-state index contributed by atoms with van der Waals surface area (Å²) >= 11 is 2.54. The monoisotopic (exact) mass is 416 g/mol. The minimum Gasteiger partial charge on any atom is -0.450 e. The van der Waals surface area contributed by atoms with E-state index in [4.69, 9.17) is 14.2 Å². The Kier molecular flexibility index (Phi) is 8.80. The Morgan fingerprint density at radius 1 is 0.815 bits per heavy atom. The van der Waals surface area contributed by atoms with Gasteiger partial charge in [0.2, 0.25) is 10.3 Å². The molecule has 2 aromatic heterocycles. The van der Waals surface area contributed by atoms with Gasteiger partial charge >= 0.3 is 12.2 Å². The number of hydrogen-bond acceptors (Lipinski definition) is 11. The smallest absolute Gasteiger partial charge is 0.413 e. The van der Waals surface area contributed by atoms with Gasteiger partial charge in [0.05, 0.1) is 26.4 Å². The van der Waals surface area contributed by atoms with E-state index in [9.17, 15) is 9.59 Å². The van der Waals surface area contributed by atoms with Crippen LogP contribution in [0.3, 0.4) is 0 Å². The van der Waals surface area contributed by atoms with Crippen molar-refractivity contribution < 1.29 is 23.8 Å². The molecule has 0 saturated heterocycles. The van der Waals surface area contributed by atoms with Crippen molar-refractivity contribution in [3.8, 4) is 0 Å². The molecule has 0 atom stereocenters. The van der Waals surface area contributed by atoms with Crippen LogP contribution in [-0.2, 0) is 27.1 Å². The molecule has 0 aromatic carbocycles. The van der Waals surface area contributed by atoms with E-state index in [0.29, 0.717) is 49.5 Å². The van der Waals surface area contributed by atoms with Crippen LogP contribution in [0.15, 0.2) is 0 Å². The summed E-state index contributed by atoms with van der Waals surface area (Å²) in [6.07, 6.45) is 0.0534. The molecule has 0 spiro atoms. The van der Waals surface area contributed by atoms with Crippen molar-refractivity contribution >= 4 is 45.1 Å². The number of amides is 2. The molecule has 11 nitrogen and oxygen atoms in total. The Morgan fingerprint density at radius 3 is 1.67 bits per heavy atom. The van der Waals surface area contributed by atoms with E-state index in [1.165, 1.54) is 22.7 Å². The molecule has 0 fully saturated rings. The van der Waals surface area contributed by atoms with Crippen molar-refractivity contribution in [2.45, 2.75) is 26.7 Å². The molecule has 2 N–H and O–H groups in total. The summed E-state index contributed by atoms with van der Waals surface area (Å²) in [6.45, 7) is 4.95. The number of hydrogen-bond donors (Lipinski definition) is 2. The number of rotatable bonds is 10. The third kappa shape index (κ3) is 7.80. The van der Waals surface area contributed by atoms with Crippen LogP contribution in [0.5, 0.6) is 0 Å². The second kappa shape index (κ2) is 11.4. The average molecular weight is 416 g/mol. The van der Waals surface area contributed by atoms with E-state index in [0.717, 1.165) is 10.0 Å². The van der Waals surface area contributed by atoms with E-state index >= 15 is 0 Å². The molecule has 0 aliphatic rings. The van der Waals surface area contributed by atoms with Crippen molar-refractivity contribution in [2.75, 3.05) is 37.1 Å². The van der Waals surface area contributed by atoms with Crippen LogP contribution >= 0.6 is 22.7 Å². The van der Waals surface area contributed by atoms with Gasteiger partial charge in [0.25, 0.3) is 0 Å². The number of carbonyl (C=O) groups excluding carboxylic acids is 2. The maximum Gasteiger partial charge on any atom is 0.413 e. The van der Waals surface area contributed by atoms with E-state index in [1.54, 1.807) is 13.8 Å². The minimum atomic E-state index is -0.551. The molecule has 13 heteroatoms. The fraction of sp³-hybridized carbons (Fsp3) is 0.571. The summed E-state index contributed by atoms with van der Waals surface area (Å²) in [6, 6.07) is 0. The number of ether oxygens (including phenoxy) is 3. The highest BCUT2D eigenvalue weighted by Crippen LogP contribution is 2.17. The molecule has 0 saturated carbocycles. The molecular formula is C14H20N6O5S2. The summed E-state index contributed by atoms with van der Waals surface area (Å²) in [4.78, 5) is 22.6. The third-order valence-electron chi connectivity index (χ3n) is 2.82. The number of carbonyl (C=O) groups is 2. The molecule has 0 aliphatic carbocycles. The highest BCUT2D eigenvalue weighted by molar-refractivity contribution is 7.15. The van der Waals surface area contributed by atoms with Crippen LogP contribution in [0.25, 0.3) is 0 Å². The maximum atomic E-state index is 11.3. The molecule has 27 heavy (non-hydrogen) atoms. The van der Waals surface area contributed by atoms with Gasteiger partial charge in [0.15, 0.2) is 0 Å². The van der Waals surface area contributed by atoms with Gasteiger partial charge in [0.1, 0.15) is 10.0 Å². The Balaban J connectivity index is 1.62. The van der Waals surface area contributed by atoms with Crippen LogP contribution in [0, 0.1) is 0 Å². The first-order chi connectivity index (χ1) is 13.1. The molecule has 0 radical (unpaired) electrons. The molecule has 0 aliphatic heterocycles. The Hall–Kier alpha value is -2.38. The normalized spacial score (nSPS) is 10.4. The van der Waals surface area contributed by atoms with Gasteiger partial charge in [-0.05, 0) is 13.8 Å². The van der Waals surface area contributed by atoms with Crippen LogP contribution in [-0.4, -0.2) is 59.0 Å². The molecule has 2 rings (SSSR count). The molecule has 2 heterocycles. The average Bonchev–Trinajstić information content (AvgIpc) is 3.24. The van der Waals surface area contributed by atoms with Crippen molar-refractivity contribution in [2.24, 2.45) is 0 Å². The van der Waals surface area contributed by atoms with Crippen LogP contribution in [0.4, 0.5) is 19.9 Å². The van der Waals surface area contributed by atoms with E-state index < -0.39 is 12.2 Å². The number of nitrogens with one attached hydrogen (secondary N) is 2. The van der Waals surface area contributed by atoms with Gasteiger partial charge in [-0.2, -0.15) is 0 Å². The summed E-state index contributed by atoms with van der Waals surface area (Å²) in [7, 11) is 0. The quantitative estimate of drug-likeness (QED) is 0.559. The molecule has 0 bridgehead atoms. The minimum absolute atomic E-state index is 0.292. The van der Waals surface area contributed by atoms with Crippen molar-refractivity contribution in [1.29, 1.82) is 0 Å². The van der Waals surface area contributed by atoms with Crippen LogP contribution in [0.1, 0.15) is 23.9 Å². The molecular weight excluding hydrogens is 396 g/mol. The highest BCUT2D eigenvalue weighted by Gasteiger charge is 2.10. The summed E-state index contributed by atoms with van der Waals surface area (Å²) in [5.74, 6) is 0. The van der Waals surface area contributed by atoms with Gasteiger partial charge in [-0.1, -0.05) is 22.7 Å². The lowest BCUT2D eigenvalue weighted by Gasteiger charge is -2.01. The summed E-state index contributed by atoms with van der Waals surface area (Å²) in [5, 5.41) is 23.0. The van der Waals surface area contributed by atoms with Crippen LogP contribution < -0.4 is 10.6 Å². The number of aromatic nitrogens is 4. The zero-order chi connectivity index (χ0) is 19.5. The van der Waals surface area contributed by atoms with E-state index in [1.807, 2.05) is 0 Å². The zero-order valence-electron chi connectivity index (χ0n) is 14.9. The van der Waals surface area contributed by atoms with E-state index in [2.05, 4.69) is 31.0 Å². The van der Waals surface area contributed by atoms with Gasteiger partial charge < -0.3 is 14.2 Å². The second-order valence-corrected chi connectivity index (χ2v) is 6.93. The fourth-order valence-electron chi connectivity index (χ4n) is 1.74. The highest BCUT2D eigenvalue weighted by atomic mass is 32.1. The lowest BCUT2D eigenvalue weighted by molar-refractivity contribution is 0.140. The lowest BCUT2D eigenvalue weighted by atomic mass is 10.4. The Bertz CT molecular complexity index is 677. The topological polar surface area (TPSA) is 137 Å². The van der Waals surface area contributed by atoms with Gasteiger partial charge in [-0.15, -0.1) is 20.4 Å². The first kappa shape index (κ1) is 20.9. The Morgan fingerprint density at radius 2 is 1.26 bits per heavy atom. The molecule has 148 valence electrons. The summed E-state index contributed by atoms with van der Waals surface area (Å²) in [5.41, 5.74) is 0. The lowest BCUT2D eigenvalue weighted by Crippen LogP contribution is -2.12. The molecule has 0 unspecified atom stereocenters. The van der Waals surface area contributed by atoms with Crippen molar-refractivity contribution in [3.63, 3.8) is 0 Å². The molecule has 2 amide bonds. The van der Waals surface area contributed by atoms with Crippen LogP contribution in [0.2, 0.25) is 0 Å². The maximum absolute atomic E-state index is 11.3. The van der Waals surface area contributed by atoms with E-state index in [-0.39, 0.29) is 0 Å². The van der Waals surface area contributed by atoms with Crippen molar-refractivity contribution in [1.82, 2.24) is 20.4 Å².